The molecule has 82 valence electrons. The highest BCUT2D eigenvalue weighted by Crippen LogP contribution is 2.14. The Balaban J connectivity index is 2.93. The molecule has 0 amide bonds. The Morgan fingerprint density at radius 1 is 1.33 bits per heavy atom. The van der Waals surface area contributed by atoms with Crippen LogP contribution in [0, 0.1) is 0 Å². The van der Waals surface area contributed by atoms with Crippen LogP contribution in [0.3, 0.4) is 0 Å². The van der Waals surface area contributed by atoms with Crippen LogP contribution in [0.5, 0.6) is 0 Å². The van der Waals surface area contributed by atoms with Gasteiger partial charge in [0, 0.05) is 12.7 Å². The molecule has 0 saturated carbocycles. The van der Waals surface area contributed by atoms with Crippen molar-refractivity contribution >= 4 is 5.78 Å². The second-order valence-corrected chi connectivity index (χ2v) is 3.61. The van der Waals surface area contributed by atoms with Crippen LogP contribution in [0.15, 0.2) is 24.3 Å². The van der Waals surface area contributed by atoms with Gasteiger partial charge in [-0.25, -0.2) is 0 Å². The van der Waals surface area contributed by atoms with Gasteiger partial charge >= 0.3 is 0 Å². The largest absolute Gasteiger partial charge is 0.381 e. The SMILES string of the molecule is COCC(N)(N)c1ccc(C(C)=O)cc1. The predicted molar refractivity (Wildman–Crippen MR) is 58.4 cm³/mol. The lowest BCUT2D eigenvalue weighted by molar-refractivity contribution is 0.101. The Labute approximate surface area is 89.2 Å². The molecular formula is C11H16N2O2. The van der Waals surface area contributed by atoms with E-state index in [1.807, 2.05) is 0 Å². The standard InChI is InChI=1S/C11H16N2O2/c1-8(14)9-3-5-10(6-4-9)11(12,13)7-15-2/h3-6H,7,12-13H2,1-2H3. The van der Waals surface area contributed by atoms with E-state index in [0.717, 1.165) is 5.56 Å². The summed E-state index contributed by atoms with van der Waals surface area (Å²) >= 11 is 0. The number of hydrogen-bond acceptors (Lipinski definition) is 4. The molecule has 0 aliphatic rings. The van der Waals surface area contributed by atoms with Gasteiger partial charge in [0.15, 0.2) is 5.78 Å². The van der Waals surface area contributed by atoms with E-state index >= 15 is 0 Å². The molecule has 0 radical (unpaired) electrons. The third-order valence-electron chi connectivity index (χ3n) is 2.21. The Hall–Kier alpha value is -1.23. The average Bonchev–Trinajstić information content (AvgIpc) is 2.18. The van der Waals surface area contributed by atoms with Crippen LogP contribution in [0.1, 0.15) is 22.8 Å². The number of benzene rings is 1. The van der Waals surface area contributed by atoms with Crippen molar-refractivity contribution in [2.24, 2.45) is 11.5 Å². The second kappa shape index (κ2) is 4.53. The third kappa shape index (κ3) is 2.86. The van der Waals surface area contributed by atoms with Crippen LogP contribution < -0.4 is 11.5 Å². The number of carbonyl (C=O) groups is 1. The van der Waals surface area contributed by atoms with Crippen LogP contribution in [-0.4, -0.2) is 19.5 Å². The number of nitrogens with two attached hydrogens (primary N) is 2. The Bertz CT molecular complexity index is 344. The highest BCUT2D eigenvalue weighted by Gasteiger charge is 2.21. The van der Waals surface area contributed by atoms with Crippen molar-refractivity contribution in [1.29, 1.82) is 0 Å². The van der Waals surface area contributed by atoms with Gasteiger partial charge < -0.3 is 16.2 Å². The summed E-state index contributed by atoms with van der Waals surface area (Å²) in [5, 5.41) is 0. The van der Waals surface area contributed by atoms with Crippen LogP contribution in [-0.2, 0) is 10.4 Å². The van der Waals surface area contributed by atoms with Crippen molar-refractivity contribution in [2.75, 3.05) is 13.7 Å². The molecule has 0 fully saturated rings. The van der Waals surface area contributed by atoms with E-state index in [1.165, 1.54) is 6.92 Å². The zero-order chi connectivity index (χ0) is 11.5. The molecule has 0 spiro atoms. The number of ether oxygens (including phenoxy) is 1. The predicted octanol–water partition coefficient (Wildman–Crippen LogP) is 0.606. The van der Waals surface area contributed by atoms with Crippen LogP contribution in [0.2, 0.25) is 0 Å². The maximum Gasteiger partial charge on any atom is 0.159 e. The topological polar surface area (TPSA) is 78.3 Å². The van der Waals surface area contributed by atoms with Crippen LogP contribution in [0.25, 0.3) is 0 Å². The van der Waals surface area contributed by atoms with Crippen molar-refractivity contribution in [3.8, 4) is 0 Å². The Kier molecular flexibility index (Phi) is 3.57. The number of rotatable bonds is 4. The lowest BCUT2D eigenvalue weighted by atomic mass is 10.00. The summed E-state index contributed by atoms with van der Waals surface area (Å²) in [6.45, 7) is 1.74. The Morgan fingerprint density at radius 2 is 1.87 bits per heavy atom. The van der Waals surface area contributed by atoms with E-state index in [9.17, 15) is 4.79 Å². The maximum absolute atomic E-state index is 11.0. The summed E-state index contributed by atoms with van der Waals surface area (Å²) in [7, 11) is 1.54. The molecule has 1 rings (SSSR count). The number of ketones is 1. The number of carbonyl (C=O) groups excluding carboxylic acids is 1. The molecule has 0 unspecified atom stereocenters. The summed E-state index contributed by atoms with van der Waals surface area (Å²) < 4.78 is 4.92. The molecule has 4 N–H and O–H groups in total. The van der Waals surface area contributed by atoms with E-state index in [4.69, 9.17) is 16.2 Å². The first kappa shape index (κ1) is 11.8. The van der Waals surface area contributed by atoms with Crippen molar-refractivity contribution in [3.63, 3.8) is 0 Å². The highest BCUT2D eigenvalue weighted by atomic mass is 16.5. The number of hydrogen-bond donors (Lipinski definition) is 2. The summed E-state index contributed by atoms with van der Waals surface area (Å²) in [6.07, 6.45) is 0. The summed E-state index contributed by atoms with van der Waals surface area (Å²) in [6, 6.07) is 6.91. The minimum atomic E-state index is -1.01. The fourth-order valence-electron chi connectivity index (χ4n) is 1.34. The van der Waals surface area contributed by atoms with Crippen LogP contribution in [0.4, 0.5) is 0 Å². The van der Waals surface area contributed by atoms with E-state index in [0.29, 0.717) is 5.56 Å². The van der Waals surface area contributed by atoms with Crippen molar-refractivity contribution in [2.45, 2.75) is 12.6 Å². The van der Waals surface area contributed by atoms with Gasteiger partial charge in [-0.2, -0.15) is 0 Å². The zero-order valence-electron chi connectivity index (χ0n) is 8.99. The number of Topliss-reactive ketones (excluding diaryl/α,β-unsaturated/α-hetero) is 1. The fraction of sp³-hybridized carbons (Fsp3) is 0.364. The molecule has 0 aromatic heterocycles. The quantitative estimate of drug-likeness (QED) is 0.561. The van der Waals surface area contributed by atoms with Crippen LogP contribution >= 0.6 is 0 Å². The monoisotopic (exact) mass is 208 g/mol. The van der Waals surface area contributed by atoms with E-state index in [-0.39, 0.29) is 12.4 Å². The first-order valence-electron chi connectivity index (χ1n) is 4.65. The lowest BCUT2D eigenvalue weighted by Gasteiger charge is -2.24. The molecule has 1 aromatic rings. The highest BCUT2D eigenvalue weighted by molar-refractivity contribution is 5.94. The molecule has 0 bridgehead atoms. The van der Waals surface area contributed by atoms with E-state index in [2.05, 4.69) is 0 Å². The molecule has 0 heterocycles. The van der Waals surface area contributed by atoms with Crippen molar-refractivity contribution in [1.82, 2.24) is 0 Å². The molecule has 1 aromatic carbocycles. The summed E-state index contributed by atoms with van der Waals surface area (Å²) in [5.74, 6) is 0.0212. The second-order valence-electron chi connectivity index (χ2n) is 3.61. The third-order valence-corrected chi connectivity index (χ3v) is 2.21. The molecule has 0 atom stereocenters. The van der Waals surface area contributed by atoms with Gasteiger partial charge in [-0.15, -0.1) is 0 Å². The molecule has 4 nitrogen and oxygen atoms in total. The van der Waals surface area contributed by atoms with Crippen molar-refractivity contribution < 1.29 is 9.53 Å². The van der Waals surface area contributed by atoms with Crippen molar-refractivity contribution in [3.05, 3.63) is 35.4 Å². The number of methoxy groups -OCH3 is 1. The molecule has 15 heavy (non-hydrogen) atoms. The first-order chi connectivity index (χ1) is 6.97. The first-order valence-corrected chi connectivity index (χ1v) is 4.65. The minimum absolute atomic E-state index is 0.0212. The van der Waals surface area contributed by atoms with Gasteiger partial charge in [0.25, 0.3) is 0 Å². The normalized spacial score (nSPS) is 11.5. The zero-order valence-corrected chi connectivity index (χ0v) is 8.99. The van der Waals surface area contributed by atoms with E-state index < -0.39 is 5.66 Å². The van der Waals surface area contributed by atoms with Gasteiger partial charge in [-0.05, 0) is 12.5 Å². The Morgan fingerprint density at radius 3 is 2.27 bits per heavy atom. The van der Waals surface area contributed by atoms with E-state index in [1.54, 1.807) is 31.4 Å². The molecule has 0 aliphatic carbocycles. The molecule has 4 heteroatoms. The van der Waals surface area contributed by atoms with Gasteiger partial charge in [-0.3, -0.25) is 4.79 Å². The fourth-order valence-corrected chi connectivity index (χ4v) is 1.34. The average molecular weight is 208 g/mol. The van der Waals surface area contributed by atoms with Gasteiger partial charge in [0.05, 0.1) is 6.61 Å². The summed E-state index contributed by atoms with van der Waals surface area (Å²) in [4.78, 5) is 11.0. The lowest BCUT2D eigenvalue weighted by Crippen LogP contribution is -2.49. The van der Waals surface area contributed by atoms with Gasteiger partial charge in [-0.1, -0.05) is 24.3 Å². The smallest absolute Gasteiger partial charge is 0.159 e. The molecule has 0 aliphatic heterocycles. The van der Waals surface area contributed by atoms with Gasteiger partial charge in [0.2, 0.25) is 0 Å². The summed E-state index contributed by atoms with van der Waals surface area (Å²) in [5.41, 5.74) is 12.1. The minimum Gasteiger partial charge on any atom is -0.381 e. The molecular weight excluding hydrogens is 192 g/mol. The van der Waals surface area contributed by atoms with Gasteiger partial charge in [0.1, 0.15) is 5.66 Å². The maximum atomic E-state index is 11.0. The molecule has 0 saturated heterocycles.